The number of ether oxygens (including phenoxy) is 2. The van der Waals surface area contributed by atoms with Crippen LogP contribution in [0.15, 0.2) is 30.3 Å². The van der Waals surface area contributed by atoms with Gasteiger partial charge in [0.25, 0.3) is 0 Å². The van der Waals surface area contributed by atoms with E-state index in [4.69, 9.17) is 9.47 Å². The maximum absolute atomic E-state index is 13.0. The zero-order valence-corrected chi connectivity index (χ0v) is 20.2. The third-order valence-corrected chi connectivity index (χ3v) is 14.5. The summed E-state index contributed by atoms with van der Waals surface area (Å²) in [5, 5.41) is 0. The van der Waals surface area contributed by atoms with Crippen LogP contribution in [0.1, 0.15) is 20.8 Å². The van der Waals surface area contributed by atoms with Crippen LogP contribution in [0.5, 0.6) is 0 Å². The molecule has 0 radical (unpaired) electrons. The van der Waals surface area contributed by atoms with Crippen molar-refractivity contribution >= 4 is 45.2 Å². The molecule has 7 heteroatoms. The van der Waals surface area contributed by atoms with Crippen molar-refractivity contribution in [2.45, 2.75) is 44.9 Å². The summed E-state index contributed by atoms with van der Waals surface area (Å²) in [6.07, 6.45) is 0. The number of rotatable bonds is 9. The van der Waals surface area contributed by atoms with Gasteiger partial charge in [-0.05, 0) is 0 Å². The number of benzene rings is 1. The summed E-state index contributed by atoms with van der Waals surface area (Å²) in [5.41, 5.74) is -1.49. The number of hydrogen-bond donors (Lipinski definition) is 0. The van der Waals surface area contributed by atoms with Gasteiger partial charge in [0.05, 0.1) is 0 Å². The third kappa shape index (κ3) is 4.26. The molecule has 0 saturated heterocycles. The average molecular weight is 470 g/mol. The Hall–Kier alpha value is -1.43. The molecule has 0 aliphatic heterocycles. The minimum absolute atomic E-state index is 0.0326. The van der Waals surface area contributed by atoms with Gasteiger partial charge in [-0.2, -0.15) is 0 Å². The number of esters is 2. The summed E-state index contributed by atoms with van der Waals surface area (Å²) in [6, 6.07) is 10.1. The number of carbonyl (C=O) groups excluding carboxylic acids is 3. The van der Waals surface area contributed by atoms with Crippen LogP contribution in [-0.4, -0.2) is 54.0 Å². The van der Waals surface area contributed by atoms with E-state index in [0.29, 0.717) is 0 Å². The van der Waals surface area contributed by atoms with Gasteiger partial charge in [0.1, 0.15) is 0 Å². The molecule has 28 heavy (non-hydrogen) atoms. The van der Waals surface area contributed by atoms with Crippen molar-refractivity contribution in [1.82, 2.24) is 0 Å². The number of Topliss-reactive ketones (excluding diaryl/α,β-unsaturated/α-hetero) is 1. The predicted octanol–water partition coefficient (Wildman–Crippen LogP) is 2.63. The Morgan fingerprint density at radius 1 is 1.04 bits per heavy atom. The normalized spacial score (nSPS) is 21.5. The molecule has 1 aliphatic rings. The second-order valence-corrected chi connectivity index (χ2v) is 17.0. The molecule has 1 aromatic rings. The molecule has 0 unspecified atom stereocenters. The zero-order valence-electron chi connectivity index (χ0n) is 17.5. The van der Waals surface area contributed by atoms with E-state index in [1.54, 1.807) is 13.8 Å². The van der Waals surface area contributed by atoms with E-state index in [1.165, 1.54) is 11.4 Å². The molecule has 0 heterocycles. The van der Waals surface area contributed by atoms with E-state index in [0.717, 1.165) is 0 Å². The fourth-order valence-corrected chi connectivity index (χ4v) is 11.1. The fourth-order valence-electron chi connectivity index (χ4n) is 3.95. The molecule has 0 bridgehead atoms. The molecule has 1 saturated carbocycles. The van der Waals surface area contributed by atoms with Gasteiger partial charge in [0, 0.05) is 0 Å². The van der Waals surface area contributed by atoms with Crippen molar-refractivity contribution in [1.29, 1.82) is 0 Å². The summed E-state index contributed by atoms with van der Waals surface area (Å²) >= 11 is 0.0326. The number of carbonyl (C=O) groups is 3. The van der Waals surface area contributed by atoms with Crippen molar-refractivity contribution in [3.63, 3.8) is 0 Å². The van der Waals surface area contributed by atoms with E-state index in [-0.39, 0.29) is 44.3 Å². The van der Waals surface area contributed by atoms with Gasteiger partial charge in [0.2, 0.25) is 0 Å². The molecule has 0 aromatic heterocycles. The molecule has 3 atom stereocenters. The quantitative estimate of drug-likeness (QED) is 0.316. The van der Waals surface area contributed by atoms with Gasteiger partial charge < -0.3 is 0 Å². The first-order chi connectivity index (χ1) is 13.1. The van der Waals surface area contributed by atoms with Crippen LogP contribution >= 0.6 is 0 Å². The van der Waals surface area contributed by atoms with Gasteiger partial charge in [-0.15, -0.1) is 0 Å². The van der Waals surface area contributed by atoms with E-state index in [9.17, 15) is 14.4 Å². The van der Waals surface area contributed by atoms with Gasteiger partial charge in [-0.1, -0.05) is 0 Å². The van der Waals surface area contributed by atoms with Crippen LogP contribution in [0.3, 0.4) is 0 Å². The Kier molecular flexibility index (Phi) is 7.29. The maximum atomic E-state index is 13.0. The van der Waals surface area contributed by atoms with Gasteiger partial charge in [-0.25, -0.2) is 0 Å². The van der Waals surface area contributed by atoms with Gasteiger partial charge in [0.15, 0.2) is 0 Å². The fraction of sp³-hybridized carbons (Fsp3) is 0.571. The van der Waals surface area contributed by atoms with E-state index in [1.807, 2.05) is 18.2 Å². The van der Waals surface area contributed by atoms with E-state index < -0.39 is 31.3 Å². The van der Waals surface area contributed by atoms with Gasteiger partial charge in [-0.3, -0.25) is 0 Å². The van der Waals surface area contributed by atoms with Crippen LogP contribution in [0.2, 0.25) is 24.1 Å². The van der Waals surface area contributed by atoms with Crippen molar-refractivity contribution in [2.24, 2.45) is 17.3 Å². The van der Waals surface area contributed by atoms with Crippen LogP contribution in [-0.2, 0) is 23.9 Å². The summed E-state index contributed by atoms with van der Waals surface area (Å²) in [4.78, 5) is 38.5. The molecular formula is C21H30O5SeSi. The first-order valence-corrected chi connectivity index (χ1v) is 15.1. The monoisotopic (exact) mass is 470 g/mol. The molecular weight excluding hydrogens is 439 g/mol. The van der Waals surface area contributed by atoms with Crippen molar-refractivity contribution in [3.05, 3.63) is 30.3 Å². The second kappa shape index (κ2) is 8.93. The Morgan fingerprint density at radius 3 is 1.93 bits per heavy atom. The van der Waals surface area contributed by atoms with Gasteiger partial charge >= 0.3 is 175 Å². The number of ketones is 1. The summed E-state index contributed by atoms with van der Waals surface area (Å²) in [7, 11) is -1.82. The Bertz CT molecular complexity index is 710. The minimum atomic E-state index is -1.82. The van der Waals surface area contributed by atoms with Crippen molar-refractivity contribution < 1.29 is 23.9 Å². The standard InChI is InChI=1S/C21H30O5SeSi/c1-7-25-19(23)21(20(24)26-8-2)16(14(3)22)17(21)18(28(4,5)6)27-15-12-10-9-11-13-15/h9-13,16-18H,7-8H2,1-6H3/t16-,17-,18-/m0/s1. The molecule has 0 N–H and O–H groups in total. The molecule has 0 spiro atoms. The topological polar surface area (TPSA) is 69.7 Å². The first kappa shape index (κ1) is 22.9. The molecule has 1 fully saturated rings. The van der Waals surface area contributed by atoms with Crippen molar-refractivity contribution in [3.8, 4) is 0 Å². The molecule has 2 rings (SSSR count). The molecule has 1 aromatic carbocycles. The molecule has 154 valence electrons. The Labute approximate surface area is 174 Å². The molecule has 0 amide bonds. The van der Waals surface area contributed by atoms with E-state index in [2.05, 4.69) is 31.8 Å². The van der Waals surface area contributed by atoms with Crippen molar-refractivity contribution in [2.75, 3.05) is 13.2 Å². The van der Waals surface area contributed by atoms with Crippen LogP contribution < -0.4 is 4.46 Å². The summed E-state index contributed by atoms with van der Waals surface area (Å²) in [6.45, 7) is 11.9. The van der Waals surface area contributed by atoms with Crippen LogP contribution in [0.25, 0.3) is 0 Å². The number of hydrogen-bond acceptors (Lipinski definition) is 5. The zero-order chi connectivity index (χ0) is 21.1. The molecule has 5 nitrogen and oxygen atoms in total. The third-order valence-electron chi connectivity index (χ3n) is 5.12. The summed E-state index contributed by atoms with van der Waals surface area (Å²) in [5.74, 6) is -2.36. The van der Waals surface area contributed by atoms with Crippen LogP contribution in [0.4, 0.5) is 0 Å². The first-order valence-electron chi connectivity index (χ1n) is 9.68. The predicted molar refractivity (Wildman–Crippen MR) is 112 cm³/mol. The van der Waals surface area contributed by atoms with E-state index >= 15 is 0 Å². The average Bonchev–Trinajstić information content (AvgIpc) is 3.31. The summed E-state index contributed by atoms with van der Waals surface area (Å²) < 4.78 is 11.9. The Morgan fingerprint density at radius 2 is 1.54 bits per heavy atom. The molecule has 1 aliphatic carbocycles. The SMILES string of the molecule is CCOC(=O)C1(C(=O)OCC)[C@H]([C@@H]([Se]c2ccccc2)[Si](C)(C)C)[C@@H]1C(C)=O. The van der Waals surface area contributed by atoms with Crippen LogP contribution in [0, 0.1) is 17.3 Å². The second-order valence-electron chi connectivity index (χ2n) is 8.14. The Balaban J connectivity index is 2.53.